The maximum Gasteiger partial charge on any atom is 0.436 e. The number of hydrogen-bond donors (Lipinski definition) is 4. The van der Waals surface area contributed by atoms with Gasteiger partial charge in [-0.05, 0) is 43.7 Å². The molecule has 0 aliphatic carbocycles. The second-order valence-electron chi connectivity index (χ2n) is 9.89. The summed E-state index contributed by atoms with van der Waals surface area (Å²) >= 11 is 0.966. The van der Waals surface area contributed by atoms with Crippen LogP contribution >= 0.6 is 11.3 Å². The van der Waals surface area contributed by atoms with Crippen molar-refractivity contribution in [3.63, 3.8) is 0 Å². The van der Waals surface area contributed by atoms with Gasteiger partial charge in [-0.2, -0.15) is 4.68 Å². The molecular formula is C30H27FN6O5S. The number of aromatic amines is 1. The highest BCUT2D eigenvalue weighted by Crippen LogP contribution is 2.33. The minimum atomic E-state index is -0.972. The van der Waals surface area contributed by atoms with Crippen molar-refractivity contribution in [2.45, 2.75) is 19.4 Å². The lowest BCUT2D eigenvalue weighted by atomic mass is 9.94. The summed E-state index contributed by atoms with van der Waals surface area (Å²) in [6.45, 7) is 2.35. The number of ether oxygens (including phenoxy) is 1. The summed E-state index contributed by atoms with van der Waals surface area (Å²) < 4.78 is 18.5. The second kappa shape index (κ2) is 12.3. The van der Waals surface area contributed by atoms with Crippen LogP contribution in [0.3, 0.4) is 0 Å². The molecule has 3 aromatic heterocycles. The predicted molar refractivity (Wildman–Crippen MR) is 160 cm³/mol. The van der Waals surface area contributed by atoms with E-state index in [1.165, 1.54) is 18.3 Å². The van der Waals surface area contributed by atoms with Crippen molar-refractivity contribution in [3.8, 4) is 0 Å². The number of thiophene rings is 1. The van der Waals surface area contributed by atoms with Gasteiger partial charge in [0.15, 0.2) is 5.82 Å². The van der Waals surface area contributed by atoms with Crippen LogP contribution in [-0.4, -0.2) is 51.9 Å². The number of nitrogens with one attached hydrogen (secondary N) is 4. The summed E-state index contributed by atoms with van der Waals surface area (Å²) in [6, 6.07) is 18.9. The lowest BCUT2D eigenvalue weighted by molar-refractivity contribution is 0.0915. The van der Waals surface area contributed by atoms with Crippen LogP contribution < -0.4 is 16.0 Å². The Morgan fingerprint density at radius 3 is 2.44 bits per heavy atom. The van der Waals surface area contributed by atoms with Crippen molar-refractivity contribution >= 4 is 56.9 Å². The van der Waals surface area contributed by atoms with E-state index in [1.807, 2.05) is 44.2 Å². The topological polar surface area (TPSA) is 147 Å². The first-order valence-electron chi connectivity index (χ1n) is 13.2. The normalized spacial score (nSPS) is 11.2. The fourth-order valence-corrected chi connectivity index (χ4v) is 5.32. The molecule has 5 rings (SSSR count). The zero-order chi connectivity index (χ0) is 30.6. The second-order valence-corrected chi connectivity index (χ2v) is 10.9. The van der Waals surface area contributed by atoms with Crippen LogP contribution in [0.5, 0.6) is 0 Å². The number of hydrogen-bond acceptors (Lipinski definition) is 7. The lowest BCUT2D eigenvalue weighted by Gasteiger charge is -2.26. The number of aromatic nitrogens is 3. The maximum absolute atomic E-state index is 13.4. The van der Waals surface area contributed by atoms with Crippen molar-refractivity contribution in [1.82, 2.24) is 20.1 Å². The quantitative estimate of drug-likeness (QED) is 0.174. The van der Waals surface area contributed by atoms with E-state index in [-0.39, 0.29) is 26.8 Å². The van der Waals surface area contributed by atoms with Gasteiger partial charge in [0.05, 0.1) is 32.6 Å². The van der Waals surface area contributed by atoms with Crippen molar-refractivity contribution in [1.29, 1.82) is 0 Å². The Bertz CT molecular complexity index is 1800. The number of rotatable bonds is 9. The first-order valence-corrected chi connectivity index (χ1v) is 14.0. The molecule has 0 aliphatic rings. The van der Waals surface area contributed by atoms with E-state index in [4.69, 9.17) is 4.74 Å². The largest absolute Gasteiger partial charge is 0.445 e. The van der Waals surface area contributed by atoms with Crippen molar-refractivity contribution in [3.05, 3.63) is 101 Å². The van der Waals surface area contributed by atoms with Crippen LogP contribution in [0.15, 0.2) is 79.1 Å². The number of para-hydroxylation sites is 1. The van der Waals surface area contributed by atoms with E-state index in [9.17, 15) is 23.6 Å². The molecule has 13 heteroatoms. The fourth-order valence-electron chi connectivity index (χ4n) is 4.32. The number of amides is 3. The Morgan fingerprint density at radius 2 is 1.72 bits per heavy atom. The molecule has 4 N–H and O–H groups in total. The molecule has 0 bridgehead atoms. The molecule has 43 heavy (non-hydrogen) atoms. The van der Waals surface area contributed by atoms with Crippen LogP contribution in [-0.2, 0) is 10.3 Å². The Kier molecular flexibility index (Phi) is 8.34. The average Bonchev–Trinajstić information content (AvgIpc) is 3.75. The third-order valence-corrected chi connectivity index (χ3v) is 7.60. The van der Waals surface area contributed by atoms with Crippen LogP contribution in [0.25, 0.3) is 10.2 Å². The Hall–Kier alpha value is -5.30. The highest BCUT2D eigenvalue weighted by molar-refractivity contribution is 7.20. The van der Waals surface area contributed by atoms with Gasteiger partial charge in [0.2, 0.25) is 0 Å². The number of benzene rings is 2. The number of fused-ring (bicyclic) bond motifs is 1. The number of H-pyrrole nitrogens is 1. The van der Waals surface area contributed by atoms with E-state index in [0.29, 0.717) is 10.9 Å². The SMILES string of the molecule is CC(C)(NC(=O)c1cc2c(NC(=O)c3ccccc3NC(=O)c3cc[nH]c3)nn(C(=O)OCCF)c2s1)c1ccccc1. The number of halogens is 1. The minimum Gasteiger partial charge on any atom is -0.445 e. The third-order valence-electron chi connectivity index (χ3n) is 6.49. The molecule has 0 unspecified atom stereocenters. The highest BCUT2D eigenvalue weighted by atomic mass is 32.1. The van der Waals surface area contributed by atoms with Gasteiger partial charge in [-0.15, -0.1) is 16.4 Å². The summed E-state index contributed by atoms with van der Waals surface area (Å²) in [5.74, 6) is -1.48. The van der Waals surface area contributed by atoms with Crippen LogP contribution in [0.4, 0.5) is 20.7 Å². The number of anilines is 2. The zero-order valence-corrected chi connectivity index (χ0v) is 24.0. The van der Waals surface area contributed by atoms with Gasteiger partial charge >= 0.3 is 6.09 Å². The van der Waals surface area contributed by atoms with Crippen LogP contribution in [0.1, 0.15) is 49.8 Å². The van der Waals surface area contributed by atoms with Gasteiger partial charge in [-0.3, -0.25) is 14.4 Å². The number of alkyl halides is 1. The molecule has 0 aliphatic heterocycles. The van der Waals surface area contributed by atoms with Gasteiger partial charge in [-0.25, -0.2) is 9.18 Å². The predicted octanol–water partition coefficient (Wildman–Crippen LogP) is 5.55. The first-order chi connectivity index (χ1) is 20.7. The van der Waals surface area contributed by atoms with E-state index < -0.39 is 42.6 Å². The fraction of sp³-hybridized carbons (Fsp3) is 0.167. The molecule has 0 saturated heterocycles. The van der Waals surface area contributed by atoms with Gasteiger partial charge in [0, 0.05) is 12.4 Å². The maximum atomic E-state index is 13.4. The third kappa shape index (κ3) is 6.31. The highest BCUT2D eigenvalue weighted by Gasteiger charge is 2.28. The molecule has 0 spiro atoms. The van der Waals surface area contributed by atoms with Gasteiger partial charge in [-0.1, -0.05) is 42.5 Å². The Labute approximate surface area is 249 Å². The lowest BCUT2D eigenvalue weighted by Crippen LogP contribution is -2.40. The number of carbonyl (C=O) groups is 4. The standard InChI is InChI=1S/C30H27FN6O5S/c1-30(2,19-8-4-3-5-9-19)35-27(40)23-16-21-24(36-37(28(21)43-23)29(41)42-15-13-31)34-26(39)20-10-6-7-11-22(20)33-25(38)18-12-14-32-17-18/h3-12,14,16-17,32H,13,15H2,1-2H3,(H,33,38)(H,35,40)(H,34,36,39). The van der Waals surface area contributed by atoms with Gasteiger partial charge < -0.3 is 25.7 Å². The Morgan fingerprint density at radius 1 is 0.977 bits per heavy atom. The van der Waals surface area contributed by atoms with Crippen LogP contribution in [0, 0.1) is 0 Å². The smallest absolute Gasteiger partial charge is 0.436 e. The van der Waals surface area contributed by atoms with Crippen LogP contribution in [0.2, 0.25) is 0 Å². The van der Waals surface area contributed by atoms with E-state index >= 15 is 0 Å². The van der Waals surface area contributed by atoms with Gasteiger partial charge in [0.1, 0.15) is 18.1 Å². The molecule has 0 atom stereocenters. The monoisotopic (exact) mass is 602 g/mol. The summed E-state index contributed by atoms with van der Waals surface area (Å²) in [5, 5.41) is 12.9. The molecule has 0 radical (unpaired) electrons. The molecule has 0 saturated carbocycles. The van der Waals surface area contributed by atoms with Gasteiger partial charge in [0.25, 0.3) is 17.7 Å². The molecule has 5 aromatic rings. The zero-order valence-electron chi connectivity index (χ0n) is 23.1. The molecular weight excluding hydrogens is 575 g/mol. The number of carbonyl (C=O) groups excluding carboxylic acids is 4. The Balaban J connectivity index is 1.45. The summed E-state index contributed by atoms with van der Waals surface area (Å²) in [4.78, 5) is 55.4. The van der Waals surface area contributed by atoms with Crippen molar-refractivity contribution < 1.29 is 28.3 Å². The van der Waals surface area contributed by atoms with E-state index in [2.05, 4.69) is 26.0 Å². The summed E-state index contributed by atoms with van der Waals surface area (Å²) in [7, 11) is 0. The first kappa shape index (κ1) is 29.2. The molecule has 0 fully saturated rings. The molecule has 220 valence electrons. The average molecular weight is 603 g/mol. The van der Waals surface area contributed by atoms with Crippen molar-refractivity contribution in [2.24, 2.45) is 0 Å². The summed E-state index contributed by atoms with van der Waals surface area (Å²) in [5.41, 5.74) is 0.930. The van der Waals surface area contributed by atoms with E-state index in [1.54, 1.807) is 30.5 Å². The minimum absolute atomic E-state index is 0.0263. The summed E-state index contributed by atoms with van der Waals surface area (Å²) in [6.07, 6.45) is 2.15. The van der Waals surface area contributed by atoms with Crippen molar-refractivity contribution in [2.75, 3.05) is 23.9 Å². The molecule has 3 amide bonds. The number of nitrogens with zero attached hydrogens (tertiary/aromatic N) is 2. The molecule has 3 heterocycles. The van der Waals surface area contributed by atoms with E-state index in [0.717, 1.165) is 21.6 Å². The molecule has 2 aromatic carbocycles. The molecule has 11 nitrogen and oxygen atoms in total.